The van der Waals surface area contributed by atoms with Crippen molar-refractivity contribution in [2.24, 2.45) is 0 Å². The van der Waals surface area contributed by atoms with Gasteiger partial charge in [0.1, 0.15) is 6.10 Å². The fourth-order valence-corrected chi connectivity index (χ4v) is 3.33. The normalized spacial score (nSPS) is 16.9. The number of rotatable bonds is 3. The van der Waals surface area contributed by atoms with Gasteiger partial charge in [0.2, 0.25) is 0 Å². The standard InChI is InChI=1S/C20H17ClN2O2/c21-17-8-7-14(23-20(24)18-6-3-11-25-18)12-16(17)19-15-5-2-1-4-13(15)9-10-22-19/h1-2,4-5,7-10,12,18H,3,6,11H2,(H,23,24)/t18-/m1/s1. The van der Waals surface area contributed by atoms with Gasteiger partial charge in [-0.3, -0.25) is 9.78 Å². The van der Waals surface area contributed by atoms with E-state index in [9.17, 15) is 4.79 Å². The largest absolute Gasteiger partial charge is 0.368 e. The summed E-state index contributed by atoms with van der Waals surface area (Å²) in [6.45, 7) is 0.643. The van der Waals surface area contributed by atoms with Crippen LogP contribution in [-0.4, -0.2) is 23.6 Å². The molecule has 1 N–H and O–H groups in total. The first kappa shape index (κ1) is 16.1. The minimum atomic E-state index is -0.366. The first-order valence-corrected chi connectivity index (χ1v) is 8.66. The van der Waals surface area contributed by atoms with Gasteiger partial charge in [0.25, 0.3) is 5.91 Å². The van der Waals surface area contributed by atoms with Gasteiger partial charge in [-0.15, -0.1) is 0 Å². The zero-order valence-electron chi connectivity index (χ0n) is 13.5. The maximum absolute atomic E-state index is 12.3. The first-order chi connectivity index (χ1) is 12.2. The topological polar surface area (TPSA) is 51.2 Å². The summed E-state index contributed by atoms with van der Waals surface area (Å²) in [5.74, 6) is -0.114. The second kappa shape index (κ2) is 6.82. The summed E-state index contributed by atoms with van der Waals surface area (Å²) in [6, 6.07) is 15.4. The molecule has 1 fully saturated rings. The molecule has 4 nitrogen and oxygen atoms in total. The molecule has 1 aromatic heterocycles. The Morgan fingerprint density at radius 1 is 1.20 bits per heavy atom. The molecule has 0 unspecified atom stereocenters. The molecule has 126 valence electrons. The zero-order valence-corrected chi connectivity index (χ0v) is 14.3. The molecule has 2 heterocycles. The molecular weight excluding hydrogens is 336 g/mol. The number of aromatic nitrogens is 1. The van der Waals surface area contributed by atoms with Crippen molar-refractivity contribution in [3.8, 4) is 11.3 Å². The Bertz CT molecular complexity index is 931. The van der Waals surface area contributed by atoms with Crippen LogP contribution in [0.1, 0.15) is 12.8 Å². The summed E-state index contributed by atoms with van der Waals surface area (Å²) in [7, 11) is 0. The van der Waals surface area contributed by atoms with Gasteiger partial charge in [-0.1, -0.05) is 35.9 Å². The van der Waals surface area contributed by atoms with E-state index in [1.165, 1.54) is 0 Å². The van der Waals surface area contributed by atoms with E-state index in [0.29, 0.717) is 17.3 Å². The molecule has 2 aromatic carbocycles. The molecule has 0 radical (unpaired) electrons. The van der Waals surface area contributed by atoms with Gasteiger partial charge >= 0.3 is 0 Å². The van der Waals surface area contributed by atoms with Gasteiger partial charge in [0, 0.05) is 29.4 Å². The van der Waals surface area contributed by atoms with Crippen LogP contribution in [0.15, 0.2) is 54.7 Å². The number of hydrogen-bond donors (Lipinski definition) is 1. The molecule has 25 heavy (non-hydrogen) atoms. The van der Waals surface area contributed by atoms with Crippen LogP contribution in [0.4, 0.5) is 5.69 Å². The van der Waals surface area contributed by atoms with E-state index in [0.717, 1.165) is 34.9 Å². The molecule has 5 heteroatoms. The maximum atomic E-state index is 12.3. The van der Waals surface area contributed by atoms with E-state index in [4.69, 9.17) is 16.3 Å². The molecule has 4 rings (SSSR count). The number of nitrogens with one attached hydrogen (secondary N) is 1. The van der Waals surface area contributed by atoms with E-state index < -0.39 is 0 Å². The van der Waals surface area contributed by atoms with E-state index in [2.05, 4.69) is 10.3 Å². The quantitative estimate of drug-likeness (QED) is 0.745. The summed E-state index contributed by atoms with van der Waals surface area (Å²) in [5.41, 5.74) is 2.29. The smallest absolute Gasteiger partial charge is 0.253 e. The lowest BCUT2D eigenvalue weighted by Gasteiger charge is -2.13. The summed E-state index contributed by atoms with van der Waals surface area (Å²) in [5, 5.41) is 5.63. The van der Waals surface area contributed by atoms with Crippen LogP contribution >= 0.6 is 11.6 Å². The van der Waals surface area contributed by atoms with Crippen molar-refractivity contribution in [2.75, 3.05) is 11.9 Å². The third-order valence-electron chi connectivity index (χ3n) is 4.38. The number of anilines is 1. The van der Waals surface area contributed by atoms with Crippen molar-refractivity contribution in [1.29, 1.82) is 0 Å². The van der Waals surface area contributed by atoms with E-state index in [1.807, 2.05) is 36.4 Å². The predicted octanol–water partition coefficient (Wildman–Crippen LogP) is 4.67. The number of benzene rings is 2. The summed E-state index contributed by atoms with van der Waals surface area (Å²) in [4.78, 5) is 16.8. The number of ether oxygens (including phenoxy) is 1. The first-order valence-electron chi connectivity index (χ1n) is 8.28. The van der Waals surface area contributed by atoms with Gasteiger partial charge in [-0.25, -0.2) is 0 Å². The number of carbonyl (C=O) groups excluding carboxylic acids is 1. The molecule has 0 bridgehead atoms. The fraction of sp³-hybridized carbons (Fsp3) is 0.200. The van der Waals surface area contributed by atoms with E-state index >= 15 is 0 Å². The Hall–Kier alpha value is -2.43. The van der Waals surface area contributed by atoms with Gasteiger partial charge in [-0.05, 0) is 42.5 Å². The second-order valence-electron chi connectivity index (χ2n) is 6.07. The SMILES string of the molecule is O=C(Nc1ccc(Cl)c(-c2nccc3ccccc23)c1)[C@H]1CCCO1. The van der Waals surface area contributed by atoms with Crippen molar-refractivity contribution < 1.29 is 9.53 Å². The van der Waals surface area contributed by atoms with Crippen molar-refractivity contribution >= 4 is 34.0 Å². The lowest BCUT2D eigenvalue weighted by molar-refractivity contribution is -0.124. The molecular formula is C20H17ClN2O2. The summed E-state index contributed by atoms with van der Waals surface area (Å²) in [6.07, 6.45) is 3.09. The average Bonchev–Trinajstić information content (AvgIpc) is 3.18. The minimum absolute atomic E-state index is 0.114. The minimum Gasteiger partial charge on any atom is -0.368 e. The van der Waals surface area contributed by atoms with E-state index in [1.54, 1.807) is 18.3 Å². The van der Waals surface area contributed by atoms with Gasteiger partial charge < -0.3 is 10.1 Å². The molecule has 1 aliphatic heterocycles. The lowest BCUT2D eigenvalue weighted by Crippen LogP contribution is -2.26. The Morgan fingerprint density at radius 3 is 2.92 bits per heavy atom. The lowest BCUT2D eigenvalue weighted by atomic mass is 10.0. The second-order valence-corrected chi connectivity index (χ2v) is 6.47. The fourth-order valence-electron chi connectivity index (χ4n) is 3.13. The van der Waals surface area contributed by atoms with Crippen molar-refractivity contribution in [3.05, 3.63) is 59.8 Å². The van der Waals surface area contributed by atoms with Crippen LogP contribution in [-0.2, 0) is 9.53 Å². The van der Waals surface area contributed by atoms with Gasteiger partial charge in [0.05, 0.1) is 10.7 Å². The third-order valence-corrected chi connectivity index (χ3v) is 4.71. The number of hydrogen-bond acceptors (Lipinski definition) is 3. The molecule has 0 saturated carbocycles. The Labute approximate surface area is 150 Å². The number of carbonyl (C=O) groups is 1. The van der Waals surface area contributed by atoms with Crippen LogP contribution in [0.5, 0.6) is 0 Å². The van der Waals surface area contributed by atoms with Crippen LogP contribution in [0, 0.1) is 0 Å². The molecule has 1 aliphatic rings. The van der Waals surface area contributed by atoms with Crippen molar-refractivity contribution in [1.82, 2.24) is 4.98 Å². The highest BCUT2D eigenvalue weighted by Gasteiger charge is 2.23. The maximum Gasteiger partial charge on any atom is 0.253 e. The highest BCUT2D eigenvalue weighted by atomic mass is 35.5. The van der Waals surface area contributed by atoms with Crippen LogP contribution in [0.2, 0.25) is 5.02 Å². The Balaban J connectivity index is 1.71. The van der Waals surface area contributed by atoms with Crippen molar-refractivity contribution in [2.45, 2.75) is 18.9 Å². The van der Waals surface area contributed by atoms with Crippen LogP contribution in [0.3, 0.4) is 0 Å². The third kappa shape index (κ3) is 3.23. The predicted molar refractivity (Wildman–Crippen MR) is 99.8 cm³/mol. The molecule has 3 aromatic rings. The molecule has 0 aliphatic carbocycles. The number of fused-ring (bicyclic) bond motifs is 1. The molecule has 1 saturated heterocycles. The zero-order chi connectivity index (χ0) is 17.2. The van der Waals surface area contributed by atoms with Crippen molar-refractivity contribution in [3.63, 3.8) is 0 Å². The average molecular weight is 353 g/mol. The highest BCUT2D eigenvalue weighted by Crippen LogP contribution is 2.33. The highest BCUT2D eigenvalue weighted by molar-refractivity contribution is 6.33. The Kier molecular flexibility index (Phi) is 4.38. The molecule has 1 atom stereocenters. The van der Waals surface area contributed by atoms with Gasteiger partial charge in [-0.2, -0.15) is 0 Å². The van der Waals surface area contributed by atoms with Crippen LogP contribution < -0.4 is 5.32 Å². The summed E-state index contributed by atoms with van der Waals surface area (Å²) < 4.78 is 5.43. The van der Waals surface area contributed by atoms with Crippen LogP contribution in [0.25, 0.3) is 22.0 Å². The molecule has 0 spiro atoms. The molecule has 1 amide bonds. The number of nitrogens with zero attached hydrogens (tertiary/aromatic N) is 1. The Morgan fingerprint density at radius 2 is 2.08 bits per heavy atom. The number of amides is 1. The summed E-state index contributed by atoms with van der Waals surface area (Å²) >= 11 is 6.42. The number of halogens is 1. The van der Waals surface area contributed by atoms with E-state index in [-0.39, 0.29) is 12.0 Å². The van der Waals surface area contributed by atoms with Gasteiger partial charge in [0.15, 0.2) is 0 Å². The number of pyridine rings is 1. The monoisotopic (exact) mass is 352 g/mol.